The Morgan fingerprint density at radius 2 is 2.19 bits per heavy atom. The molecule has 0 spiro atoms. The van der Waals surface area contributed by atoms with Crippen LogP contribution in [0.25, 0.3) is 0 Å². The highest BCUT2D eigenvalue weighted by atomic mass is 16.4. The molecule has 5 nitrogen and oxygen atoms in total. The molecule has 0 bridgehead atoms. The summed E-state index contributed by atoms with van der Waals surface area (Å²) in [6.07, 6.45) is 2.95. The molecule has 90 valence electrons. The third-order valence-electron chi connectivity index (χ3n) is 3.76. The van der Waals surface area contributed by atoms with E-state index in [4.69, 9.17) is 5.11 Å². The lowest BCUT2D eigenvalue weighted by Gasteiger charge is -2.28. The van der Waals surface area contributed by atoms with E-state index >= 15 is 0 Å². The molecule has 0 aromatic rings. The third-order valence-corrected chi connectivity index (χ3v) is 3.76. The zero-order valence-corrected chi connectivity index (χ0v) is 9.13. The number of carboxylic acids is 1. The van der Waals surface area contributed by atoms with E-state index in [0.29, 0.717) is 6.54 Å². The normalized spacial score (nSPS) is 34.7. The van der Waals surface area contributed by atoms with Crippen LogP contribution in [0.5, 0.6) is 0 Å². The standard InChI is InChI=1S/C11H17NO4/c13-6-7-2-1-3-9(7)12-5-8(11(15)16)4-10(12)14/h7-9,13H,1-6H2,(H,15,16). The third kappa shape index (κ3) is 1.91. The van der Waals surface area contributed by atoms with Gasteiger partial charge in [0.1, 0.15) is 0 Å². The maximum absolute atomic E-state index is 11.7. The van der Waals surface area contributed by atoms with E-state index in [-0.39, 0.29) is 30.9 Å². The summed E-state index contributed by atoms with van der Waals surface area (Å²) in [6.45, 7) is 0.404. The van der Waals surface area contributed by atoms with Crippen molar-refractivity contribution < 1.29 is 19.8 Å². The zero-order chi connectivity index (χ0) is 11.7. The van der Waals surface area contributed by atoms with Crippen molar-refractivity contribution >= 4 is 11.9 Å². The fourth-order valence-corrected chi connectivity index (χ4v) is 2.86. The number of carbonyl (C=O) groups excluding carboxylic acids is 1. The fourth-order valence-electron chi connectivity index (χ4n) is 2.86. The summed E-state index contributed by atoms with van der Waals surface area (Å²) in [6, 6.07) is 0.0573. The predicted molar refractivity (Wildman–Crippen MR) is 55.7 cm³/mol. The van der Waals surface area contributed by atoms with Crippen molar-refractivity contribution in [2.45, 2.75) is 31.7 Å². The molecule has 3 atom stereocenters. The van der Waals surface area contributed by atoms with Gasteiger partial charge in [0, 0.05) is 31.5 Å². The van der Waals surface area contributed by atoms with E-state index in [1.807, 2.05) is 0 Å². The molecule has 3 unspecified atom stereocenters. The average molecular weight is 227 g/mol. The second kappa shape index (κ2) is 4.41. The predicted octanol–water partition coefficient (Wildman–Crippen LogP) is 0.0805. The van der Waals surface area contributed by atoms with Crippen molar-refractivity contribution in [3.8, 4) is 0 Å². The molecule has 2 fully saturated rings. The van der Waals surface area contributed by atoms with Crippen LogP contribution in [0.4, 0.5) is 0 Å². The number of aliphatic carboxylic acids is 1. The monoisotopic (exact) mass is 227 g/mol. The smallest absolute Gasteiger partial charge is 0.308 e. The lowest BCUT2D eigenvalue weighted by atomic mass is 10.0. The molecule has 2 rings (SSSR count). The molecule has 1 saturated carbocycles. The number of likely N-dealkylation sites (tertiary alicyclic amines) is 1. The Labute approximate surface area is 94.0 Å². The lowest BCUT2D eigenvalue weighted by Crippen LogP contribution is -2.40. The van der Waals surface area contributed by atoms with E-state index in [0.717, 1.165) is 19.3 Å². The van der Waals surface area contributed by atoms with Crippen LogP contribution in [0.15, 0.2) is 0 Å². The van der Waals surface area contributed by atoms with Gasteiger partial charge in [-0.25, -0.2) is 0 Å². The van der Waals surface area contributed by atoms with E-state index in [1.54, 1.807) is 4.90 Å². The minimum absolute atomic E-state index is 0.0573. The van der Waals surface area contributed by atoms with Gasteiger partial charge in [-0.3, -0.25) is 9.59 Å². The Bertz CT molecular complexity index is 304. The number of carboxylic acid groups (broad SMARTS) is 1. The van der Waals surface area contributed by atoms with Crippen LogP contribution in [0.3, 0.4) is 0 Å². The van der Waals surface area contributed by atoms with Crippen LogP contribution in [0.1, 0.15) is 25.7 Å². The number of hydrogen-bond acceptors (Lipinski definition) is 3. The summed E-state index contributed by atoms with van der Waals surface area (Å²) in [4.78, 5) is 24.2. The van der Waals surface area contributed by atoms with Crippen molar-refractivity contribution in [2.75, 3.05) is 13.2 Å². The van der Waals surface area contributed by atoms with Gasteiger partial charge in [-0.15, -0.1) is 0 Å². The highest BCUT2D eigenvalue weighted by molar-refractivity contribution is 5.86. The van der Waals surface area contributed by atoms with Crippen LogP contribution in [-0.2, 0) is 9.59 Å². The van der Waals surface area contributed by atoms with Crippen LogP contribution in [-0.4, -0.2) is 46.2 Å². The highest BCUT2D eigenvalue weighted by Gasteiger charge is 2.41. The molecule has 0 aromatic heterocycles. The summed E-state index contributed by atoms with van der Waals surface area (Å²) in [5, 5.41) is 18.1. The van der Waals surface area contributed by atoms with Gasteiger partial charge in [-0.1, -0.05) is 6.42 Å². The minimum Gasteiger partial charge on any atom is -0.481 e. The fraction of sp³-hybridized carbons (Fsp3) is 0.818. The Morgan fingerprint density at radius 3 is 2.75 bits per heavy atom. The van der Waals surface area contributed by atoms with Crippen molar-refractivity contribution in [3.63, 3.8) is 0 Å². The van der Waals surface area contributed by atoms with Gasteiger partial charge in [0.25, 0.3) is 0 Å². The van der Waals surface area contributed by atoms with Crippen molar-refractivity contribution in [3.05, 3.63) is 0 Å². The quantitative estimate of drug-likeness (QED) is 0.715. The van der Waals surface area contributed by atoms with E-state index in [9.17, 15) is 14.7 Å². The first-order chi connectivity index (χ1) is 7.63. The molecule has 16 heavy (non-hydrogen) atoms. The van der Waals surface area contributed by atoms with Crippen molar-refractivity contribution in [2.24, 2.45) is 11.8 Å². The summed E-state index contributed by atoms with van der Waals surface area (Å²) in [5.41, 5.74) is 0. The summed E-state index contributed by atoms with van der Waals surface area (Å²) in [5.74, 6) is -1.39. The molecule has 1 aliphatic heterocycles. The number of aliphatic hydroxyl groups is 1. The van der Waals surface area contributed by atoms with E-state index in [1.165, 1.54) is 0 Å². The molecule has 0 radical (unpaired) electrons. The van der Waals surface area contributed by atoms with Crippen LogP contribution in [0, 0.1) is 11.8 Å². The second-order valence-electron chi connectivity index (χ2n) is 4.73. The SMILES string of the molecule is O=C(O)C1CC(=O)N(C2CCCC2CO)C1. The maximum atomic E-state index is 11.7. The summed E-state index contributed by atoms with van der Waals surface area (Å²) >= 11 is 0. The van der Waals surface area contributed by atoms with E-state index < -0.39 is 11.9 Å². The molecule has 1 heterocycles. The Balaban J connectivity index is 2.04. The van der Waals surface area contributed by atoms with E-state index in [2.05, 4.69) is 0 Å². The van der Waals surface area contributed by atoms with Crippen LogP contribution >= 0.6 is 0 Å². The molecular weight excluding hydrogens is 210 g/mol. The number of amides is 1. The molecular formula is C11H17NO4. The van der Waals surface area contributed by atoms with Gasteiger partial charge in [-0.05, 0) is 12.8 Å². The zero-order valence-electron chi connectivity index (χ0n) is 9.13. The van der Waals surface area contributed by atoms with Gasteiger partial charge in [0.05, 0.1) is 5.92 Å². The Kier molecular flexibility index (Phi) is 3.14. The summed E-state index contributed by atoms with van der Waals surface area (Å²) < 4.78 is 0. The Hall–Kier alpha value is -1.10. The lowest BCUT2D eigenvalue weighted by molar-refractivity contribution is -0.141. The largest absolute Gasteiger partial charge is 0.481 e. The first-order valence-electron chi connectivity index (χ1n) is 5.76. The molecule has 5 heteroatoms. The number of rotatable bonds is 3. The number of nitrogens with zero attached hydrogens (tertiary/aromatic N) is 1. The van der Waals surface area contributed by atoms with Gasteiger partial charge in [0.15, 0.2) is 0 Å². The molecule has 1 saturated heterocycles. The molecule has 2 aliphatic rings. The number of hydrogen-bond donors (Lipinski definition) is 2. The van der Waals surface area contributed by atoms with Gasteiger partial charge >= 0.3 is 5.97 Å². The highest BCUT2D eigenvalue weighted by Crippen LogP contribution is 2.33. The van der Waals surface area contributed by atoms with Gasteiger partial charge in [0.2, 0.25) is 5.91 Å². The first kappa shape index (κ1) is 11.4. The first-order valence-corrected chi connectivity index (χ1v) is 5.76. The molecule has 1 aliphatic carbocycles. The molecule has 2 N–H and O–H groups in total. The van der Waals surface area contributed by atoms with Crippen LogP contribution in [0.2, 0.25) is 0 Å². The number of aliphatic hydroxyl groups excluding tert-OH is 1. The minimum atomic E-state index is -0.894. The number of carbonyl (C=O) groups is 2. The topological polar surface area (TPSA) is 77.8 Å². The van der Waals surface area contributed by atoms with Crippen LogP contribution < -0.4 is 0 Å². The summed E-state index contributed by atoms with van der Waals surface area (Å²) in [7, 11) is 0. The molecule has 0 aromatic carbocycles. The van der Waals surface area contributed by atoms with Gasteiger partial charge in [-0.2, -0.15) is 0 Å². The molecule has 1 amide bonds. The maximum Gasteiger partial charge on any atom is 0.308 e. The van der Waals surface area contributed by atoms with Gasteiger partial charge < -0.3 is 15.1 Å². The second-order valence-corrected chi connectivity index (χ2v) is 4.73. The van der Waals surface area contributed by atoms with Crippen molar-refractivity contribution in [1.29, 1.82) is 0 Å². The average Bonchev–Trinajstić information content (AvgIpc) is 2.82. The Morgan fingerprint density at radius 1 is 1.44 bits per heavy atom. The van der Waals surface area contributed by atoms with Crippen molar-refractivity contribution in [1.82, 2.24) is 4.90 Å².